The van der Waals surface area contributed by atoms with Crippen LogP contribution in [0.4, 0.5) is 0 Å². The molecule has 0 N–H and O–H groups in total. The van der Waals surface area contributed by atoms with Crippen molar-refractivity contribution >= 4 is 13.7 Å². The smallest absolute Gasteiger partial charge is 0.133 e. The van der Waals surface area contributed by atoms with E-state index < -0.39 is 0 Å². The molecular formula is C11H23OP. The van der Waals surface area contributed by atoms with Crippen LogP contribution in [-0.2, 0) is 4.79 Å². The van der Waals surface area contributed by atoms with Gasteiger partial charge >= 0.3 is 0 Å². The maximum Gasteiger partial charge on any atom is 0.133 e. The second kappa shape index (κ2) is 6.54. The Kier molecular flexibility index (Phi) is 6.59. The molecule has 0 radical (unpaired) electrons. The van der Waals surface area contributed by atoms with Crippen LogP contribution >= 0.6 is 7.92 Å². The van der Waals surface area contributed by atoms with E-state index in [1.54, 1.807) is 6.92 Å². The fourth-order valence-corrected chi connectivity index (χ4v) is 3.81. The van der Waals surface area contributed by atoms with Crippen molar-refractivity contribution in [2.45, 2.75) is 45.7 Å². The number of carbonyl (C=O) groups is 1. The SMILES string of the molecule is CC.CC(=O)C1CCCC1P(C)C. The van der Waals surface area contributed by atoms with Gasteiger partial charge in [0.25, 0.3) is 0 Å². The van der Waals surface area contributed by atoms with Gasteiger partial charge in [-0.2, -0.15) is 0 Å². The summed E-state index contributed by atoms with van der Waals surface area (Å²) in [6.07, 6.45) is 3.72. The van der Waals surface area contributed by atoms with E-state index >= 15 is 0 Å². The van der Waals surface area contributed by atoms with Crippen molar-refractivity contribution in [1.82, 2.24) is 0 Å². The van der Waals surface area contributed by atoms with Crippen molar-refractivity contribution in [2.24, 2.45) is 5.92 Å². The van der Waals surface area contributed by atoms with Crippen molar-refractivity contribution < 1.29 is 4.79 Å². The first-order valence-corrected chi connectivity index (χ1v) is 7.60. The molecule has 0 bridgehead atoms. The molecule has 0 aromatic carbocycles. The molecule has 13 heavy (non-hydrogen) atoms. The molecule has 0 aromatic rings. The Hall–Kier alpha value is 0.100. The molecule has 78 valence electrons. The van der Waals surface area contributed by atoms with Crippen LogP contribution in [0.15, 0.2) is 0 Å². The molecule has 0 saturated heterocycles. The number of rotatable bonds is 2. The fraction of sp³-hybridized carbons (Fsp3) is 0.909. The first kappa shape index (κ1) is 13.1. The van der Waals surface area contributed by atoms with Crippen LogP contribution in [0.2, 0.25) is 0 Å². The summed E-state index contributed by atoms with van der Waals surface area (Å²) in [5.74, 6) is 0.833. The van der Waals surface area contributed by atoms with Gasteiger partial charge in [-0.1, -0.05) is 20.3 Å². The van der Waals surface area contributed by atoms with Crippen LogP contribution in [-0.4, -0.2) is 24.8 Å². The highest BCUT2D eigenvalue weighted by Gasteiger charge is 2.32. The predicted octanol–water partition coefficient (Wildman–Crippen LogP) is 3.51. The number of carbonyl (C=O) groups excluding carboxylic acids is 1. The molecular weight excluding hydrogens is 179 g/mol. The molecule has 0 heterocycles. The summed E-state index contributed by atoms with van der Waals surface area (Å²) in [6, 6.07) is 0. The van der Waals surface area contributed by atoms with Crippen molar-refractivity contribution in [3.05, 3.63) is 0 Å². The third-order valence-electron chi connectivity index (χ3n) is 2.66. The minimum Gasteiger partial charge on any atom is -0.300 e. The Balaban J connectivity index is 0.000000671. The lowest BCUT2D eigenvalue weighted by Crippen LogP contribution is -2.18. The van der Waals surface area contributed by atoms with E-state index in [1.807, 2.05) is 13.8 Å². The van der Waals surface area contributed by atoms with E-state index in [2.05, 4.69) is 13.3 Å². The Morgan fingerprint density at radius 1 is 1.23 bits per heavy atom. The number of hydrogen-bond donors (Lipinski definition) is 0. The molecule has 2 atom stereocenters. The Labute approximate surface area is 84.0 Å². The van der Waals surface area contributed by atoms with Gasteiger partial charge in [0.05, 0.1) is 0 Å². The van der Waals surface area contributed by atoms with Crippen molar-refractivity contribution in [1.29, 1.82) is 0 Å². The summed E-state index contributed by atoms with van der Waals surface area (Å²) in [6.45, 7) is 10.3. The van der Waals surface area contributed by atoms with Gasteiger partial charge in [-0.05, 0) is 38.8 Å². The topological polar surface area (TPSA) is 17.1 Å². The van der Waals surface area contributed by atoms with Gasteiger partial charge in [-0.3, -0.25) is 4.79 Å². The van der Waals surface area contributed by atoms with Crippen molar-refractivity contribution in [3.63, 3.8) is 0 Å². The Bertz CT molecular complexity index is 154. The van der Waals surface area contributed by atoms with E-state index in [0.717, 1.165) is 12.1 Å². The zero-order valence-corrected chi connectivity index (χ0v) is 10.5. The average molecular weight is 202 g/mol. The van der Waals surface area contributed by atoms with E-state index in [-0.39, 0.29) is 7.92 Å². The molecule has 0 aromatic heterocycles. The molecule has 0 aliphatic heterocycles. The zero-order valence-electron chi connectivity index (χ0n) is 9.63. The minimum atomic E-state index is 0.106. The van der Waals surface area contributed by atoms with Gasteiger partial charge in [-0.15, -0.1) is 7.92 Å². The third-order valence-corrected chi connectivity index (χ3v) is 4.61. The largest absolute Gasteiger partial charge is 0.300 e. The monoisotopic (exact) mass is 202 g/mol. The quantitative estimate of drug-likeness (QED) is 0.626. The van der Waals surface area contributed by atoms with E-state index in [0.29, 0.717) is 11.7 Å². The van der Waals surface area contributed by atoms with Gasteiger partial charge < -0.3 is 0 Å². The first-order chi connectivity index (χ1) is 6.13. The lowest BCUT2D eigenvalue weighted by Gasteiger charge is -2.20. The second-order valence-electron chi connectivity index (χ2n) is 3.68. The molecule has 1 aliphatic carbocycles. The Morgan fingerprint density at radius 3 is 2.08 bits per heavy atom. The summed E-state index contributed by atoms with van der Waals surface area (Å²) in [5, 5.41) is 0. The highest BCUT2D eigenvalue weighted by molar-refractivity contribution is 7.56. The molecule has 1 rings (SSSR count). The zero-order chi connectivity index (χ0) is 10.4. The summed E-state index contributed by atoms with van der Waals surface area (Å²) >= 11 is 0. The minimum absolute atomic E-state index is 0.106. The molecule has 2 heteroatoms. The molecule has 1 fully saturated rings. The molecule has 1 saturated carbocycles. The first-order valence-electron chi connectivity index (χ1n) is 5.30. The molecule has 0 spiro atoms. The molecule has 2 unspecified atom stereocenters. The predicted molar refractivity (Wildman–Crippen MR) is 61.9 cm³/mol. The van der Waals surface area contributed by atoms with Crippen LogP contribution in [0.25, 0.3) is 0 Å². The normalized spacial score (nSPS) is 26.9. The third kappa shape index (κ3) is 3.77. The van der Waals surface area contributed by atoms with Crippen LogP contribution < -0.4 is 0 Å². The van der Waals surface area contributed by atoms with Crippen LogP contribution in [0.3, 0.4) is 0 Å². The van der Waals surface area contributed by atoms with E-state index in [1.165, 1.54) is 12.8 Å². The number of hydrogen-bond acceptors (Lipinski definition) is 1. The highest BCUT2D eigenvalue weighted by Crippen LogP contribution is 2.46. The van der Waals surface area contributed by atoms with Gasteiger partial charge in [0.1, 0.15) is 5.78 Å². The van der Waals surface area contributed by atoms with Crippen LogP contribution in [0, 0.1) is 5.92 Å². The standard InChI is InChI=1S/C9H17OP.C2H6/c1-7(10)8-5-4-6-9(8)11(2)3;1-2/h8-9H,4-6H2,1-3H3;1-2H3. The Morgan fingerprint density at radius 2 is 1.77 bits per heavy atom. The van der Waals surface area contributed by atoms with Gasteiger partial charge in [-0.25, -0.2) is 0 Å². The maximum absolute atomic E-state index is 11.2. The lowest BCUT2D eigenvalue weighted by atomic mass is 10.0. The fourth-order valence-electron chi connectivity index (χ4n) is 2.03. The maximum atomic E-state index is 11.2. The second-order valence-corrected chi connectivity index (χ2v) is 6.27. The van der Waals surface area contributed by atoms with Crippen molar-refractivity contribution in [2.75, 3.05) is 13.3 Å². The van der Waals surface area contributed by atoms with E-state index in [4.69, 9.17) is 0 Å². The van der Waals surface area contributed by atoms with Crippen LogP contribution in [0.1, 0.15) is 40.0 Å². The van der Waals surface area contributed by atoms with Crippen LogP contribution in [0.5, 0.6) is 0 Å². The summed E-state index contributed by atoms with van der Waals surface area (Å²) in [4.78, 5) is 11.2. The van der Waals surface area contributed by atoms with Gasteiger partial charge in [0.2, 0.25) is 0 Å². The highest BCUT2D eigenvalue weighted by atomic mass is 31.1. The van der Waals surface area contributed by atoms with E-state index in [9.17, 15) is 4.79 Å². The molecule has 1 aliphatic rings. The average Bonchev–Trinajstić information content (AvgIpc) is 2.55. The summed E-state index contributed by atoms with van der Waals surface area (Å²) in [7, 11) is 0.106. The number of Topliss-reactive ketones (excluding diaryl/α,β-unsaturated/α-hetero) is 1. The van der Waals surface area contributed by atoms with Crippen molar-refractivity contribution in [3.8, 4) is 0 Å². The summed E-state index contributed by atoms with van der Waals surface area (Å²) in [5.41, 5.74) is 0.738. The molecule has 1 nitrogen and oxygen atoms in total. The molecule has 0 amide bonds. The summed E-state index contributed by atoms with van der Waals surface area (Å²) < 4.78 is 0. The van der Waals surface area contributed by atoms with Gasteiger partial charge in [0, 0.05) is 5.92 Å². The number of ketones is 1. The van der Waals surface area contributed by atoms with Gasteiger partial charge in [0.15, 0.2) is 0 Å². The lowest BCUT2D eigenvalue weighted by molar-refractivity contribution is -0.120.